The van der Waals surface area contributed by atoms with E-state index in [1.165, 1.54) is 36.1 Å². The molecule has 0 saturated heterocycles. The molecular formula is C26H21ClF2N2O5. The molecule has 36 heavy (non-hydrogen) atoms. The number of hydrogen-bond donors (Lipinski definition) is 0. The van der Waals surface area contributed by atoms with Gasteiger partial charge in [0.1, 0.15) is 22.9 Å². The number of carbonyl (C=O) groups is 2. The van der Waals surface area contributed by atoms with E-state index in [-0.39, 0.29) is 23.3 Å². The molecule has 0 aliphatic heterocycles. The molecule has 186 valence electrons. The normalized spacial score (nSPS) is 11.5. The average Bonchev–Trinajstić information content (AvgIpc) is 2.84. The molecule has 0 amide bonds. The third-order valence-electron chi connectivity index (χ3n) is 5.62. The van der Waals surface area contributed by atoms with Crippen LogP contribution in [0.1, 0.15) is 40.9 Å². The van der Waals surface area contributed by atoms with Crippen molar-refractivity contribution >= 4 is 23.4 Å². The summed E-state index contributed by atoms with van der Waals surface area (Å²) in [4.78, 5) is 37.7. The molecule has 3 rings (SSSR count). The zero-order chi connectivity index (χ0) is 26.6. The van der Waals surface area contributed by atoms with Crippen LogP contribution >= 0.6 is 11.6 Å². The molecule has 0 N–H and O–H groups in total. The predicted molar refractivity (Wildman–Crippen MR) is 128 cm³/mol. The van der Waals surface area contributed by atoms with E-state index in [9.17, 15) is 28.4 Å². The Bertz CT molecular complexity index is 1420. The highest BCUT2D eigenvalue weighted by molar-refractivity contribution is 6.31. The van der Waals surface area contributed by atoms with Gasteiger partial charge in [-0.1, -0.05) is 18.5 Å². The first kappa shape index (κ1) is 26.6. The molecule has 7 nitrogen and oxygen atoms in total. The van der Waals surface area contributed by atoms with Crippen LogP contribution in [-0.4, -0.2) is 30.5 Å². The second-order valence-corrected chi connectivity index (χ2v) is 8.23. The van der Waals surface area contributed by atoms with E-state index in [1.54, 1.807) is 13.0 Å². The highest BCUT2D eigenvalue weighted by Gasteiger charge is 2.25. The summed E-state index contributed by atoms with van der Waals surface area (Å²) in [6.45, 7) is 1.68. The van der Waals surface area contributed by atoms with Gasteiger partial charge in [-0.3, -0.25) is 9.59 Å². The van der Waals surface area contributed by atoms with Gasteiger partial charge >= 0.3 is 5.97 Å². The number of nitriles is 1. The van der Waals surface area contributed by atoms with Crippen LogP contribution < -0.4 is 10.3 Å². The van der Waals surface area contributed by atoms with E-state index in [0.29, 0.717) is 16.1 Å². The summed E-state index contributed by atoms with van der Waals surface area (Å²) in [6.07, 6.45) is 1.16. The molecule has 10 heteroatoms. The number of ether oxygens (including phenoxy) is 2. The molecule has 0 radical (unpaired) electrons. The number of rotatable bonds is 8. The third-order valence-corrected chi connectivity index (χ3v) is 5.86. The first-order valence-corrected chi connectivity index (χ1v) is 11.1. The number of nitrogens with zero attached hydrogens (tertiary/aromatic N) is 2. The van der Waals surface area contributed by atoms with Crippen molar-refractivity contribution < 1.29 is 27.8 Å². The van der Waals surface area contributed by atoms with E-state index >= 15 is 0 Å². The maximum Gasteiger partial charge on any atom is 0.343 e. The van der Waals surface area contributed by atoms with Gasteiger partial charge in [0.15, 0.2) is 5.78 Å². The van der Waals surface area contributed by atoms with Gasteiger partial charge in [0, 0.05) is 28.6 Å². The van der Waals surface area contributed by atoms with Gasteiger partial charge in [-0.05, 0) is 42.3 Å². The third kappa shape index (κ3) is 5.29. The SMILES string of the molecule is CCC(C(=O)Cc1cc(F)c(C(=O)OC)c(F)c1)n1cc(OC)c(-c2cc(Cl)ccc2C#N)cc1=O. The Labute approximate surface area is 210 Å². The lowest BCUT2D eigenvalue weighted by atomic mass is 9.98. The number of hydrogen-bond acceptors (Lipinski definition) is 6. The predicted octanol–water partition coefficient (Wildman–Crippen LogP) is 4.88. The topological polar surface area (TPSA) is 98.4 Å². The maximum atomic E-state index is 14.3. The molecule has 3 aromatic rings. The van der Waals surface area contributed by atoms with Crippen molar-refractivity contribution in [3.8, 4) is 22.9 Å². The molecule has 0 aliphatic rings. The van der Waals surface area contributed by atoms with Gasteiger partial charge in [-0.15, -0.1) is 0 Å². The summed E-state index contributed by atoms with van der Waals surface area (Å²) >= 11 is 6.08. The quantitative estimate of drug-likeness (QED) is 0.397. The minimum absolute atomic E-state index is 0.00433. The standard InChI is InChI=1S/C26H21ClF2N2O5/c1-4-21(22(32)9-14-7-19(28)25(20(29)8-14)26(34)36-3)31-13-23(35-2)18(11-24(31)33)17-10-16(27)6-5-15(17)12-30/h5-8,10-11,13,21H,4,9H2,1-3H3. The zero-order valence-corrected chi connectivity index (χ0v) is 20.4. The first-order chi connectivity index (χ1) is 17.1. The number of carbonyl (C=O) groups excluding carboxylic acids is 2. The van der Waals surface area contributed by atoms with E-state index in [0.717, 1.165) is 19.2 Å². The summed E-state index contributed by atoms with van der Waals surface area (Å²) in [5.74, 6) is -3.75. The summed E-state index contributed by atoms with van der Waals surface area (Å²) in [6, 6.07) is 8.68. The molecule has 1 atom stereocenters. The largest absolute Gasteiger partial charge is 0.495 e. The average molecular weight is 515 g/mol. The molecule has 1 aromatic heterocycles. The highest BCUT2D eigenvalue weighted by Crippen LogP contribution is 2.33. The lowest BCUT2D eigenvalue weighted by molar-refractivity contribution is -0.121. The monoisotopic (exact) mass is 514 g/mol. The van der Waals surface area contributed by atoms with E-state index in [4.69, 9.17) is 16.3 Å². The van der Waals surface area contributed by atoms with Gasteiger partial charge < -0.3 is 14.0 Å². The van der Waals surface area contributed by atoms with Crippen LogP contribution in [0.3, 0.4) is 0 Å². The fraction of sp³-hybridized carbons (Fsp3) is 0.231. The van der Waals surface area contributed by atoms with E-state index in [1.807, 2.05) is 6.07 Å². The number of benzene rings is 2. The van der Waals surface area contributed by atoms with Crippen molar-refractivity contribution in [2.24, 2.45) is 0 Å². The van der Waals surface area contributed by atoms with Crippen LogP contribution in [0.25, 0.3) is 11.1 Å². The Kier molecular flexibility index (Phi) is 8.22. The van der Waals surface area contributed by atoms with Gasteiger partial charge in [0.25, 0.3) is 5.56 Å². The van der Waals surface area contributed by atoms with Crippen LogP contribution in [0.15, 0.2) is 47.4 Å². The number of aromatic nitrogens is 1. The summed E-state index contributed by atoms with van der Waals surface area (Å²) in [5.41, 5.74) is -0.416. The number of Topliss-reactive ketones (excluding diaryl/α,β-unsaturated/α-hetero) is 1. The molecular weight excluding hydrogens is 494 g/mol. The van der Waals surface area contributed by atoms with Crippen molar-refractivity contribution in [3.63, 3.8) is 0 Å². The molecule has 2 aromatic carbocycles. The minimum Gasteiger partial charge on any atom is -0.495 e. The lowest BCUT2D eigenvalue weighted by Gasteiger charge is -2.20. The number of esters is 1. The van der Waals surface area contributed by atoms with Crippen molar-refractivity contribution in [1.29, 1.82) is 5.26 Å². The molecule has 0 bridgehead atoms. The van der Waals surface area contributed by atoms with Crippen molar-refractivity contribution in [3.05, 3.63) is 86.3 Å². The van der Waals surface area contributed by atoms with E-state index in [2.05, 4.69) is 4.74 Å². The lowest BCUT2D eigenvalue weighted by Crippen LogP contribution is -2.30. The second-order valence-electron chi connectivity index (χ2n) is 7.80. The van der Waals surface area contributed by atoms with Crippen LogP contribution in [0.4, 0.5) is 8.78 Å². The number of ketones is 1. The van der Waals surface area contributed by atoms with Gasteiger partial charge in [-0.25, -0.2) is 13.6 Å². The molecule has 0 aliphatic carbocycles. The molecule has 1 unspecified atom stereocenters. The van der Waals surface area contributed by atoms with Gasteiger partial charge in [-0.2, -0.15) is 5.26 Å². The van der Waals surface area contributed by atoms with Crippen LogP contribution in [-0.2, 0) is 16.0 Å². The highest BCUT2D eigenvalue weighted by atomic mass is 35.5. The summed E-state index contributed by atoms with van der Waals surface area (Å²) in [5, 5.41) is 9.81. The maximum absolute atomic E-state index is 14.3. The number of halogens is 3. The fourth-order valence-electron chi connectivity index (χ4n) is 3.91. The Morgan fingerprint density at radius 2 is 1.78 bits per heavy atom. The smallest absolute Gasteiger partial charge is 0.343 e. The Morgan fingerprint density at radius 1 is 1.11 bits per heavy atom. The second kappa shape index (κ2) is 11.1. The molecule has 1 heterocycles. The molecule has 0 saturated carbocycles. The Hall–Kier alpha value is -4.03. The van der Waals surface area contributed by atoms with Gasteiger partial charge in [0.05, 0.1) is 38.1 Å². The van der Waals surface area contributed by atoms with Crippen LogP contribution in [0.5, 0.6) is 5.75 Å². The number of methoxy groups -OCH3 is 2. The Balaban J connectivity index is 2.00. The first-order valence-electron chi connectivity index (χ1n) is 10.7. The van der Waals surface area contributed by atoms with Crippen molar-refractivity contribution in [2.75, 3.05) is 14.2 Å². The van der Waals surface area contributed by atoms with Crippen LogP contribution in [0.2, 0.25) is 5.02 Å². The van der Waals surface area contributed by atoms with E-state index < -0.39 is 47.0 Å². The number of pyridine rings is 1. The minimum atomic E-state index is -1.17. The fourth-order valence-corrected chi connectivity index (χ4v) is 4.08. The van der Waals surface area contributed by atoms with Crippen molar-refractivity contribution in [1.82, 2.24) is 4.57 Å². The molecule has 0 fully saturated rings. The van der Waals surface area contributed by atoms with Gasteiger partial charge in [0.2, 0.25) is 0 Å². The molecule has 0 spiro atoms. The van der Waals surface area contributed by atoms with Crippen LogP contribution in [0, 0.1) is 23.0 Å². The summed E-state index contributed by atoms with van der Waals surface area (Å²) < 4.78 is 39.6. The van der Waals surface area contributed by atoms with Crippen molar-refractivity contribution in [2.45, 2.75) is 25.8 Å². The zero-order valence-electron chi connectivity index (χ0n) is 19.6. The Morgan fingerprint density at radius 3 is 2.33 bits per heavy atom. The summed E-state index contributed by atoms with van der Waals surface area (Å²) in [7, 11) is 2.37.